The largest absolute Gasteiger partial charge is 0.493 e. The molecule has 162 valence electrons. The Morgan fingerprint density at radius 1 is 1.19 bits per heavy atom. The van der Waals surface area contributed by atoms with Gasteiger partial charge in [0.25, 0.3) is 5.89 Å². The summed E-state index contributed by atoms with van der Waals surface area (Å²) in [6.07, 6.45) is 0.715. The van der Waals surface area contributed by atoms with Gasteiger partial charge >= 0.3 is 5.96 Å². The van der Waals surface area contributed by atoms with Crippen LogP contribution in [0.3, 0.4) is 0 Å². The summed E-state index contributed by atoms with van der Waals surface area (Å²) < 4.78 is 13.1. The van der Waals surface area contributed by atoms with Gasteiger partial charge in [0.1, 0.15) is 5.75 Å². The molecule has 1 aliphatic heterocycles. The molecule has 0 unspecified atom stereocenters. The molecule has 0 spiro atoms. The maximum Gasteiger partial charge on any atom is 0.341 e. The molecule has 4 rings (SSSR count). The van der Waals surface area contributed by atoms with E-state index >= 15 is 0 Å². The van der Waals surface area contributed by atoms with E-state index in [1.165, 1.54) is 11.1 Å². The lowest BCUT2D eigenvalue weighted by Gasteiger charge is -2.11. The van der Waals surface area contributed by atoms with E-state index in [4.69, 9.17) is 20.7 Å². The number of aryl methyl sites for hydroxylation is 2. The number of hydrogen-bond acceptors (Lipinski definition) is 5. The number of hydrogen-bond donors (Lipinski definition) is 3. The fourth-order valence-electron chi connectivity index (χ4n) is 3.82. The van der Waals surface area contributed by atoms with Crippen LogP contribution in [-0.2, 0) is 6.42 Å². The van der Waals surface area contributed by atoms with Crippen molar-refractivity contribution >= 4 is 5.96 Å². The highest BCUT2D eigenvalue weighted by molar-refractivity contribution is 5.70. The zero-order valence-corrected chi connectivity index (χ0v) is 17.8. The van der Waals surface area contributed by atoms with Gasteiger partial charge in [0.05, 0.1) is 19.3 Å². The van der Waals surface area contributed by atoms with Crippen LogP contribution in [0.25, 0.3) is 11.4 Å². The van der Waals surface area contributed by atoms with Crippen LogP contribution in [0.4, 0.5) is 0 Å². The molecular formula is C23H28N5O3+. The predicted octanol–water partition coefficient (Wildman–Crippen LogP) is 2.07. The first-order valence-corrected chi connectivity index (χ1v) is 10.4. The number of guanidine groups is 1. The van der Waals surface area contributed by atoms with Crippen molar-refractivity contribution in [3.05, 3.63) is 65.0 Å². The number of aliphatic hydroxyl groups is 1. The highest BCUT2D eigenvalue weighted by Gasteiger charge is 2.39. The summed E-state index contributed by atoms with van der Waals surface area (Å²) in [5.41, 5.74) is 15.7. The Labute approximate surface area is 181 Å². The summed E-state index contributed by atoms with van der Waals surface area (Å²) in [4.78, 5) is 4.48. The van der Waals surface area contributed by atoms with E-state index in [9.17, 15) is 5.11 Å². The number of nitrogens with two attached hydrogens (primary N) is 2. The first kappa shape index (κ1) is 20.9. The van der Waals surface area contributed by atoms with Crippen LogP contribution in [0, 0.1) is 13.8 Å². The van der Waals surface area contributed by atoms with Crippen molar-refractivity contribution in [1.82, 2.24) is 10.1 Å². The van der Waals surface area contributed by atoms with Crippen LogP contribution < -0.4 is 16.2 Å². The molecule has 2 aromatic carbocycles. The van der Waals surface area contributed by atoms with Gasteiger partial charge in [-0.2, -0.15) is 4.98 Å². The zero-order valence-electron chi connectivity index (χ0n) is 17.8. The molecule has 2 heterocycles. The van der Waals surface area contributed by atoms with Gasteiger partial charge in [0.15, 0.2) is 6.04 Å². The van der Waals surface area contributed by atoms with Crippen molar-refractivity contribution < 1.29 is 18.9 Å². The third-order valence-electron chi connectivity index (χ3n) is 5.59. The van der Waals surface area contributed by atoms with Gasteiger partial charge in [0.2, 0.25) is 5.82 Å². The van der Waals surface area contributed by atoms with E-state index in [1.54, 1.807) is 4.58 Å². The van der Waals surface area contributed by atoms with Gasteiger partial charge in [-0.15, -0.1) is 0 Å². The third-order valence-corrected chi connectivity index (χ3v) is 5.59. The van der Waals surface area contributed by atoms with Crippen molar-refractivity contribution in [3.63, 3.8) is 0 Å². The molecule has 0 amide bonds. The second-order valence-electron chi connectivity index (χ2n) is 7.94. The highest BCUT2D eigenvalue weighted by Crippen LogP contribution is 2.30. The summed E-state index contributed by atoms with van der Waals surface area (Å²) in [7, 11) is 0. The SMILES string of the molecule is Cc1ccc(CCOc2ccc(-c3noc([C@@H]4[C@@H](O)CC[N+]4=C(N)N)n3)cc2C)cc1. The second kappa shape index (κ2) is 8.77. The van der Waals surface area contributed by atoms with Crippen LogP contribution >= 0.6 is 0 Å². The fraction of sp³-hybridized carbons (Fsp3) is 0.348. The first-order valence-electron chi connectivity index (χ1n) is 10.4. The van der Waals surface area contributed by atoms with Gasteiger partial charge in [-0.25, -0.2) is 0 Å². The summed E-state index contributed by atoms with van der Waals surface area (Å²) in [6, 6.07) is 13.7. The highest BCUT2D eigenvalue weighted by atomic mass is 16.5. The number of benzene rings is 2. The third kappa shape index (κ3) is 4.54. The van der Waals surface area contributed by atoms with Crippen molar-refractivity contribution in [2.24, 2.45) is 11.5 Å². The Bertz CT molecular complexity index is 1090. The molecule has 1 aliphatic rings. The topological polar surface area (TPSA) is 123 Å². The van der Waals surface area contributed by atoms with Crippen LogP contribution in [0.1, 0.15) is 35.0 Å². The van der Waals surface area contributed by atoms with E-state index in [0.29, 0.717) is 31.3 Å². The maximum atomic E-state index is 10.3. The predicted molar refractivity (Wildman–Crippen MR) is 117 cm³/mol. The molecule has 0 saturated carbocycles. The number of ether oxygens (including phenoxy) is 1. The van der Waals surface area contributed by atoms with E-state index in [-0.39, 0.29) is 5.96 Å². The minimum atomic E-state index is -0.665. The molecule has 5 N–H and O–H groups in total. The average molecular weight is 423 g/mol. The maximum absolute atomic E-state index is 10.3. The quantitative estimate of drug-likeness (QED) is 0.410. The summed E-state index contributed by atoms with van der Waals surface area (Å²) >= 11 is 0. The Hall–Kier alpha value is -3.39. The molecule has 2 atom stereocenters. The Morgan fingerprint density at radius 3 is 2.68 bits per heavy atom. The normalized spacial score (nSPS) is 18.4. The number of aliphatic hydroxyl groups excluding tert-OH is 1. The Kier molecular flexibility index (Phi) is 5.90. The molecule has 0 radical (unpaired) electrons. The van der Waals surface area contributed by atoms with Gasteiger partial charge in [-0.1, -0.05) is 35.0 Å². The molecule has 8 heteroatoms. The minimum absolute atomic E-state index is 0.129. The lowest BCUT2D eigenvalue weighted by molar-refractivity contribution is -0.560. The van der Waals surface area contributed by atoms with E-state index in [2.05, 4.69) is 41.3 Å². The molecular weight excluding hydrogens is 394 g/mol. The standard InChI is InChI=1S/C23H27N5O3/c1-14-3-5-16(6-4-14)10-12-30-19-8-7-17(13-15(19)2)21-26-22(31-27-21)20-18(29)9-11-28(20)23(24)25/h3-8,13,18,20,29H,9-12H2,1-2H3,(H3,24,25)/p+1/t18-,20-/m0/s1. The molecule has 3 aromatic rings. The van der Waals surface area contributed by atoms with Gasteiger partial charge in [-0.3, -0.25) is 16.0 Å². The zero-order chi connectivity index (χ0) is 22.0. The van der Waals surface area contributed by atoms with Gasteiger partial charge in [-0.05, 0) is 43.2 Å². The molecule has 8 nitrogen and oxygen atoms in total. The van der Waals surface area contributed by atoms with E-state index in [1.807, 2.05) is 25.1 Å². The summed E-state index contributed by atoms with van der Waals surface area (Å²) in [5, 5.41) is 14.4. The lowest BCUT2D eigenvalue weighted by Crippen LogP contribution is -2.37. The lowest BCUT2D eigenvalue weighted by atomic mass is 10.1. The van der Waals surface area contributed by atoms with Crippen LogP contribution in [0.15, 0.2) is 47.0 Å². The van der Waals surface area contributed by atoms with Crippen molar-refractivity contribution in [3.8, 4) is 17.1 Å². The number of rotatable bonds is 6. The van der Waals surface area contributed by atoms with Crippen LogP contribution in [-0.4, -0.2) is 45.0 Å². The Morgan fingerprint density at radius 2 is 1.97 bits per heavy atom. The molecule has 0 bridgehead atoms. The molecule has 0 aliphatic carbocycles. The van der Waals surface area contributed by atoms with E-state index in [0.717, 1.165) is 23.3 Å². The second-order valence-corrected chi connectivity index (χ2v) is 7.94. The van der Waals surface area contributed by atoms with Crippen LogP contribution in [0.2, 0.25) is 0 Å². The average Bonchev–Trinajstić information content (AvgIpc) is 3.37. The smallest absolute Gasteiger partial charge is 0.341 e. The van der Waals surface area contributed by atoms with E-state index < -0.39 is 12.1 Å². The van der Waals surface area contributed by atoms with Crippen LogP contribution in [0.5, 0.6) is 5.75 Å². The molecule has 1 fully saturated rings. The molecule has 1 aromatic heterocycles. The summed E-state index contributed by atoms with van der Waals surface area (Å²) in [6.45, 7) is 5.20. The monoisotopic (exact) mass is 422 g/mol. The van der Waals surface area contributed by atoms with Crippen molar-refractivity contribution in [1.29, 1.82) is 0 Å². The molecule has 1 saturated heterocycles. The fourth-order valence-corrected chi connectivity index (χ4v) is 3.82. The van der Waals surface area contributed by atoms with Gasteiger partial charge in [0, 0.05) is 18.4 Å². The summed E-state index contributed by atoms with van der Waals surface area (Å²) in [5.74, 6) is 1.69. The Balaban J connectivity index is 1.45. The number of aromatic nitrogens is 2. The van der Waals surface area contributed by atoms with Gasteiger partial charge < -0.3 is 14.4 Å². The van der Waals surface area contributed by atoms with Crippen molar-refractivity contribution in [2.45, 2.75) is 38.8 Å². The minimum Gasteiger partial charge on any atom is -0.493 e. The molecule has 31 heavy (non-hydrogen) atoms. The van der Waals surface area contributed by atoms with Crippen molar-refractivity contribution in [2.75, 3.05) is 13.2 Å². The first-order chi connectivity index (χ1) is 14.9. The number of nitrogens with zero attached hydrogens (tertiary/aromatic N) is 3.